The summed E-state index contributed by atoms with van der Waals surface area (Å²) in [5.41, 5.74) is 12.1. The number of rotatable bonds is 9. The zero-order valence-corrected chi connectivity index (χ0v) is 24.0. The van der Waals surface area contributed by atoms with Gasteiger partial charge >= 0.3 is 11.7 Å². The second kappa shape index (κ2) is 12.7. The first-order chi connectivity index (χ1) is 20.5. The van der Waals surface area contributed by atoms with Crippen molar-refractivity contribution < 1.29 is 18.3 Å². The van der Waals surface area contributed by atoms with Crippen molar-refractivity contribution in [1.82, 2.24) is 24.0 Å². The number of carbonyl (C=O) groups excluding carboxylic acids is 1. The summed E-state index contributed by atoms with van der Waals surface area (Å²) in [5, 5.41) is 5.15. The van der Waals surface area contributed by atoms with Gasteiger partial charge in [0.2, 0.25) is 0 Å². The molecule has 0 spiro atoms. The van der Waals surface area contributed by atoms with Gasteiger partial charge < -0.3 is 31.7 Å². The van der Waals surface area contributed by atoms with E-state index in [0.29, 0.717) is 26.9 Å². The first-order valence-corrected chi connectivity index (χ1v) is 13.0. The third-order valence-electron chi connectivity index (χ3n) is 6.61. The van der Waals surface area contributed by atoms with Crippen LogP contribution < -0.4 is 33.3 Å². The molecule has 2 aromatic carbocycles. The van der Waals surface area contributed by atoms with E-state index in [1.165, 1.54) is 36.9 Å². The molecule has 0 aliphatic carbocycles. The van der Waals surface area contributed by atoms with E-state index >= 15 is 0 Å². The Morgan fingerprint density at radius 3 is 2.26 bits per heavy atom. The number of aromatic nitrogens is 3. The third kappa shape index (κ3) is 6.28. The van der Waals surface area contributed by atoms with Crippen LogP contribution >= 0.6 is 0 Å². The van der Waals surface area contributed by atoms with Gasteiger partial charge in [-0.05, 0) is 50.0 Å². The van der Waals surface area contributed by atoms with Crippen LogP contribution in [0.1, 0.15) is 11.1 Å². The molecule has 2 heterocycles. The SMILES string of the molecule is CNC(=O)Nc1ccc(-c2cn3c(c2CN(C)C)c(=O)n(/C(N)=C/C=C(\N)OC)c(=O)n3Cc2c(F)cccc2F)cc1. The van der Waals surface area contributed by atoms with Crippen molar-refractivity contribution in [2.45, 2.75) is 13.1 Å². The molecule has 14 heteroatoms. The monoisotopic (exact) mass is 594 g/mol. The van der Waals surface area contributed by atoms with Gasteiger partial charge in [-0.15, -0.1) is 0 Å². The molecule has 0 radical (unpaired) electrons. The van der Waals surface area contributed by atoms with Crippen LogP contribution in [0.2, 0.25) is 0 Å². The summed E-state index contributed by atoms with van der Waals surface area (Å²) in [6.45, 7) is -0.298. The highest BCUT2D eigenvalue weighted by atomic mass is 19.1. The summed E-state index contributed by atoms with van der Waals surface area (Å²) in [6.07, 6.45) is 4.05. The maximum absolute atomic E-state index is 14.8. The molecular formula is C29H32F2N8O4. The molecule has 0 saturated heterocycles. The molecule has 0 aliphatic heterocycles. The number of nitrogens with zero attached hydrogens (tertiary/aromatic N) is 4. The molecule has 43 heavy (non-hydrogen) atoms. The summed E-state index contributed by atoms with van der Waals surface area (Å²) >= 11 is 0. The van der Waals surface area contributed by atoms with Gasteiger partial charge in [-0.3, -0.25) is 9.31 Å². The zero-order chi connectivity index (χ0) is 31.4. The number of carbonyl (C=O) groups is 1. The number of allylic oxidation sites excluding steroid dienone is 2. The van der Waals surface area contributed by atoms with E-state index in [1.807, 2.05) is 4.90 Å². The van der Waals surface area contributed by atoms with Crippen molar-refractivity contribution in [1.29, 1.82) is 0 Å². The predicted molar refractivity (Wildman–Crippen MR) is 160 cm³/mol. The summed E-state index contributed by atoms with van der Waals surface area (Å²) in [4.78, 5) is 41.4. The van der Waals surface area contributed by atoms with Gasteiger partial charge in [0.1, 0.15) is 23.0 Å². The number of methoxy groups -OCH3 is 1. The number of hydrogen-bond acceptors (Lipinski definition) is 7. The fourth-order valence-electron chi connectivity index (χ4n) is 4.51. The molecule has 0 atom stereocenters. The number of halogens is 2. The average Bonchev–Trinajstić information content (AvgIpc) is 3.34. The van der Waals surface area contributed by atoms with Crippen LogP contribution in [0.25, 0.3) is 22.5 Å². The largest absolute Gasteiger partial charge is 0.483 e. The van der Waals surface area contributed by atoms with Gasteiger partial charge in [-0.2, -0.15) is 0 Å². The van der Waals surface area contributed by atoms with E-state index in [4.69, 9.17) is 16.2 Å². The van der Waals surface area contributed by atoms with Crippen molar-refractivity contribution in [2.24, 2.45) is 11.5 Å². The highest BCUT2D eigenvalue weighted by Gasteiger charge is 2.24. The minimum atomic E-state index is -0.943. The van der Waals surface area contributed by atoms with E-state index in [1.54, 1.807) is 44.6 Å². The van der Waals surface area contributed by atoms with Crippen molar-refractivity contribution in [3.8, 4) is 11.1 Å². The summed E-state index contributed by atoms with van der Waals surface area (Å²) in [7, 11) is 6.44. The lowest BCUT2D eigenvalue weighted by atomic mass is 10.0. The number of benzene rings is 2. The lowest BCUT2D eigenvalue weighted by Gasteiger charge is -2.16. The summed E-state index contributed by atoms with van der Waals surface area (Å²) in [5.74, 6) is -2.05. The molecule has 0 fully saturated rings. The van der Waals surface area contributed by atoms with E-state index in [0.717, 1.165) is 16.8 Å². The van der Waals surface area contributed by atoms with Crippen LogP contribution in [-0.4, -0.2) is 52.9 Å². The zero-order valence-electron chi connectivity index (χ0n) is 24.0. The number of ether oxygens (including phenoxy) is 1. The number of anilines is 1. The Hall–Kier alpha value is -5.37. The van der Waals surface area contributed by atoms with Crippen LogP contribution in [0.3, 0.4) is 0 Å². The van der Waals surface area contributed by atoms with Gasteiger partial charge in [0.15, 0.2) is 5.88 Å². The Balaban J connectivity index is 2.06. The predicted octanol–water partition coefficient (Wildman–Crippen LogP) is 2.27. The lowest BCUT2D eigenvalue weighted by Crippen LogP contribution is -2.44. The summed E-state index contributed by atoms with van der Waals surface area (Å²) < 4.78 is 37.5. The number of hydrogen-bond donors (Lipinski definition) is 4. The molecular weight excluding hydrogens is 562 g/mol. The minimum Gasteiger partial charge on any atom is -0.483 e. The Labute approximate surface area is 245 Å². The Bertz CT molecular complexity index is 1830. The van der Waals surface area contributed by atoms with Gasteiger partial charge in [-0.1, -0.05) is 18.2 Å². The lowest BCUT2D eigenvalue weighted by molar-refractivity contribution is 0.254. The minimum absolute atomic E-state index is 0.0292. The molecule has 2 aromatic heterocycles. The quantitative estimate of drug-likeness (QED) is 0.171. The molecule has 0 saturated carbocycles. The standard InChI is InChI=1S/C29H32F2N8O4/c1-34-28(41)35-18-10-8-17(9-11-18)19-15-37-26(20(19)14-36(2)3)27(40)39(24(32)12-13-25(33)43-4)29(42)38(37)16-21-22(30)6-5-7-23(21)31/h5-13,15H,14,16,32-33H2,1-4H3,(H2,34,35,41)/b24-12+,25-13+. The van der Waals surface area contributed by atoms with Gasteiger partial charge in [0, 0.05) is 48.2 Å². The fourth-order valence-corrected chi connectivity index (χ4v) is 4.51. The molecule has 6 N–H and O–H groups in total. The normalized spacial score (nSPS) is 12.2. The summed E-state index contributed by atoms with van der Waals surface area (Å²) in [6, 6.07) is 9.82. The molecule has 0 bridgehead atoms. The molecule has 4 aromatic rings. The molecule has 12 nitrogen and oxygen atoms in total. The van der Waals surface area contributed by atoms with Crippen LogP contribution in [0.4, 0.5) is 19.3 Å². The second-order valence-electron chi connectivity index (χ2n) is 9.78. The highest BCUT2D eigenvalue weighted by Crippen LogP contribution is 2.30. The molecule has 2 amide bonds. The van der Waals surface area contributed by atoms with Gasteiger partial charge in [0.25, 0.3) is 5.56 Å². The van der Waals surface area contributed by atoms with Crippen LogP contribution in [0, 0.1) is 11.6 Å². The van der Waals surface area contributed by atoms with Crippen LogP contribution in [0.5, 0.6) is 0 Å². The topological polar surface area (TPSA) is 154 Å². The van der Waals surface area contributed by atoms with Crippen molar-refractivity contribution in [3.63, 3.8) is 0 Å². The van der Waals surface area contributed by atoms with Crippen molar-refractivity contribution >= 4 is 23.1 Å². The Morgan fingerprint density at radius 1 is 1.02 bits per heavy atom. The van der Waals surface area contributed by atoms with Crippen LogP contribution in [-0.2, 0) is 17.8 Å². The molecule has 4 rings (SSSR count). The van der Waals surface area contributed by atoms with E-state index in [-0.39, 0.29) is 29.3 Å². The fraction of sp³-hybridized carbons (Fsp3) is 0.207. The van der Waals surface area contributed by atoms with Crippen LogP contribution in [0.15, 0.2) is 76.3 Å². The first-order valence-electron chi connectivity index (χ1n) is 13.0. The highest BCUT2D eigenvalue weighted by molar-refractivity contribution is 5.89. The molecule has 0 unspecified atom stereocenters. The number of fused-ring (bicyclic) bond motifs is 1. The van der Waals surface area contributed by atoms with Gasteiger partial charge in [-0.25, -0.2) is 27.6 Å². The molecule has 0 aliphatic rings. The Morgan fingerprint density at radius 2 is 1.67 bits per heavy atom. The van der Waals surface area contributed by atoms with Gasteiger partial charge in [0.05, 0.1) is 13.7 Å². The Kier molecular flexibility index (Phi) is 9.00. The molecule has 226 valence electrons. The van der Waals surface area contributed by atoms with E-state index < -0.39 is 35.5 Å². The maximum atomic E-state index is 14.8. The number of urea groups is 1. The smallest absolute Gasteiger partial charge is 0.352 e. The third-order valence-corrected chi connectivity index (χ3v) is 6.61. The number of amides is 2. The van der Waals surface area contributed by atoms with E-state index in [9.17, 15) is 23.2 Å². The van der Waals surface area contributed by atoms with E-state index in [2.05, 4.69) is 10.6 Å². The maximum Gasteiger partial charge on any atom is 0.352 e. The first kappa shape index (κ1) is 30.6. The number of nitrogens with two attached hydrogens (primary N) is 2. The number of nitrogens with one attached hydrogen (secondary N) is 2. The second-order valence-corrected chi connectivity index (χ2v) is 9.78. The van der Waals surface area contributed by atoms with Crippen molar-refractivity contribution in [3.05, 3.63) is 110 Å². The van der Waals surface area contributed by atoms with Crippen molar-refractivity contribution in [2.75, 3.05) is 33.6 Å². The average molecular weight is 595 g/mol.